The predicted octanol–water partition coefficient (Wildman–Crippen LogP) is 0.406. The molecule has 0 aliphatic carbocycles. The number of hydrogen-bond donors (Lipinski definition) is 1. The zero-order valence-corrected chi connectivity index (χ0v) is 10.4. The third-order valence-electron chi connectivity index (χ3n) is 2.24. The van der Waals surface area contributed by atoms with Gasteiger partial charge in [0.05, 0.1) is 9.61 Å². The van der Waals surface area contributed by atoms with Crippen LogP contribution in [0.5, 0.6) is 0 Å². The molecule has 1 amide bonds. The Morgan fingerprint density at radius 1 is 1.67 bits per heavy atom. The van der Waals surface area contributed by atoms with Crippen LogP contribution in [0, 0.1) is 3.57 Å². The second-order valence-electron chi connectivity index (χ2n) is 3.50. The first-order valence-corrected chi connectivity index (χ1v) is 5.72. The van der Waals surface area contributed by atoms with E-state index in [1.54, 1.807) is 12.5 Å². The normalized spacial score (nSPS) is 16.0. The van der Waals surface area contributed by atoms with Gasteiger partial charge in [-0.05, 0) is 22.6 Å². The molecule has 1 N–H and O–H groups in total. The number of aromatic nitrogens is 2. The summed E-state index contributed by atoms with van der Waals surface area (Å²) in [5.74, 6) is 0.976. The molecule has 0 bridgehead atoms. The molecular formula is C9H11IN4O. The van der Waals surface area contributed by atoms with Crippen molar-refractivity contribution in [2.24, 2.45) is 0 Å². The van der Waals surface area contributed by atoms with Crippen LogP contribution in [0.1, 0.15) is 6.92 Å². The van der Waals surface area contributed by atoms with Crippen molar-refractivity contribution >= 4 is 34.3 Å². The zero-order chi connectivity index (χ0) is 10.8. The second kappa shape index (κ2) is 4.30. The molecule has 1 saturated heterocycles. The van der Waals surface area contributed by atoms with Gasteiger partial charge in [-0.25, -0.2) is 9.97 Å². The predicted molar refractivity (Wildman–Crippen MR) is 64.6 cm³/mol. The summed E-state index contributed by atoms with van der Waals surface area (Å²) in [7, 11) is 0. The molecule has 0 spiro atoms. The lowest BCUT2D eigenvalue weighted by Gasteiger charge is -2.40. The highest BCUT2D eigenvalue weighted by molar-refractivity contribution is 14.1. The number of carbonyl (C=O) groups excluding carboxylic acids is 1. The van der Waals surface area contributed by atoms with Crippen molar-refractivity contribution < 1.29 is 4.79 Å². The number of amides is 1. The highest BCUT2D eigenvalue weighted by atomic mass is 127. The Kier molecular flexibility index (Phi) is 3.03. The Morgan fingerprint density at radius 3 is 3.00 bits per heavy atom. The minimum atomic E-state index is 0.0250. The number of carbonyl (C=O) groups is 1. The molecule has 1 aliphatic heterocycles. The van der Waals surface area contributed by atoms with Crippen LogP contribution >= 0.6 is 22.6 Å². The summed E-state index contributed by atoms with van der Waals surface area (Å²) >= 11 is 2.21. The van der Waals surface area contributed by atoms with Crippen LogP contribution < -0.4 is 10.2 Å². The van der Waals surface area contributed by atoms with Gasteiger partial charge in [0.15, 0.2) is 0 Å². The molecule has 1 fully saturated rings. The standard InChI is InChI=1S/C9H11IN4O/c1-6(15)13-7-3-14(4-7)9-8(10)2-11-5-12-9/h2,5,7H,3-4H2,1H3,(H,13,15). The smallest absolute Gasteiger partial charge is 0.217 e. The van der Waals surface area contributed by atoms with Crippen LogP contribution in [0.25, 0.3) is 0 Å². The molecule has 0 unspecified atom stereocenters. The molecule has 2 rings (SSSR count). The molecule has 15 heavy (non-hydrogen) atoms. The highest BCUT2D eigenvalue weighted by Gasteiger charge is 2.29. The Hall–Kier alpha value is -0.920. The average Bonchev–Trinajstić information content (AvgIpc) is 2.12. The highest BCUT2D eigenvalue weighted by Crippen LogP contribution is 2.22. The SMILES string of the molecule is CC(=O)NC1CN(c2ncncc2I)C1. The van der Waals surface area contributed by atoms with Crippen LogP contribution in [0.15, 0.2) is 12.5 Å². The van der Waals surface area contributed by atoms with Crippen molar-refractivity contribution in [2.45, 2.75) is 13.0 Å². The summed E-state index contributed by atoms with van der Waals surface area (Å²) in [6.45, 7) is 3.19. The van der Waals surface area contributed by atoms with Crippen LogP contribution in [0.2, 0.25) is 0 Å². The van der Waals surface area contributed by atoms with Gasteiger partial charge in [-0.1, -0.05) is 0 Å². The van der Waals surface area contributed by atoms with E-state index in [2.05, 4.69) is 42.8 Å². The van der Waals surface area contributed by atoms with E-state index >= 15 is 0 Å². The lowest BCUT2D eigenvalue weighted by Crippen LogP contribution is -2.59. The van der Waals surface area contributed by atoms with E-state index in [1.165, 1.54) is 6.92 Å². The van der Waals surface area contributed by atoms with Gasteiger partial charge in [0, 0.05) is 26.2 Å². The van der Waals surface area contributed by atoms with Gasteiger partial charge in [0.2, 0.25) is 5.91 Å². The van der Waals surface area contributed by atoms with Crippen LogP contribution in [0.4, 0.5) is 5.82 Å². The topological polar surface area (TPSA) is 58.1 Å². The van der Waals surface area contributed by atoms with Crippen molar-refractivity contribution in [3.05, 3.63) is 16.1 Å². The fourth-order valence-electron chi connectivity index (χ4n) is 1.57. The van der Waals surface area contributed by atoms with Crippen molar-refractivity contribution in [3.63, 3.8) is 0 Å². The summed E-state index contributed by atoms with van der Waals surface area (Å²) in [6, 6.07) is 0.258. The van der Waals surface area contributed by atoms with Gasteiger partial charge in [-0.2, -0.15) is 0 Å². The number of hydrogen-bond acceptors (Lipinski definition) is 4. The van der Waals surface area contributed by atoms with Crippen molar-refractivity contribution in [1.29, 1.82) is 0 Å². The van der Waals surface area contributed by atoms with E-state index in [0.717, 1.165) is 22.5 Å². The lowest BCUT2D eigenvalue weighted by atomic mass is 10.1. The summed E-state index contributed by atoms with van der Waals surface area (Å²) in [4.78, 5) is 21.1. The maximum atomic E-state index is 10.8. The minimum Gasteiger partial charge on any atom is -0.351 e. The van der Waals surface area contributed by atoms with Gasteiger partial charge >= 0.3 is 0 Å². The molecule has 0 saturated carbocycles. The summed E-state index contributed by atoms with van der Waals surface area (Å²) in [5.41, 5.74) is 0. The quantitative estimate of drug-likeness (QED) is 0.803. The third-order valence-corrected chi connectivity index (χ3v) is 3.00. The first-order chi connectivity index (χ1) is 7.16. The van der Waals surface area contributed by atoms with E-state index in [4.69, 9.17) is 0 Å². The maximum Gasteiger partial charge on any atom is 0.217 e. The molecule has 0 atom stereocenters. The molecule has 1 aromatic rings. The van der Waals surface area contributed by atoms with Crippen LogP contribution in [0.3, 0.4) is 0 Å². The molecular weight excluding hydrogens is 307 g/mol. The van der Waals surface area contributed by atoms with Gasteiger partial charge < -0.3 is 10.2 Å². The molecule has 80 valence electrons. The lowest BCUT2D eigenvalue weighted by molar-refractivity contribution is -0.119. The minimum absolute atomic E-state index is 0.0250. The first-order valence-electron chi connectivity index (χ1n) is 4.64. The second-order valence-corrected chi connectivity index (χ2v) is 4.66. The Bertz CT molecular complexity index is 378. The average molecular weight is 318 g/mol. The number of nitrogens with zero attached hydrogens (tertiary/aromatic N) is 3. The number of halogens is 1. The van der Waals surface area contributed by atoms with E-state index < -0.39 is 0 Å². The van der Waals surface area contributed by atoms with Crippen molar-refractivity contribution in [3.8, 4) is 0 Å². The molecule has 2 heterocycles. The summed E-state index contributed by atoms with van der Waals surface area (Å²) in [5, 5.41) is 2.87. The van der Waals surface area contributed by atoms with Gasteiger partial charge in [-0.15, -0.1) is 0 Å². The maximum absolute atomic E-state index is 10.8. The largest absolute Gasteiger partial charge is 0.351 e. The Morgan fingerprint density at radius 2 is 2.40 bits per heavy atom. The molecule has 0 radical (unpaired) electrons. The fourth-order valence-corrected chi connectivity index (χ4v) is 2.21. The third kappa shape index (κ3) is 2.36. The molecule has 1 aromatic heterocycles. The number of rotatable bonds is 2. The molecule has 1 aliphatic rings. The Labute approximate surface area is 101 Å². The van der Waals surface area contributed by atoms with E-state index in [-0.39, 0.29) is 11.9 Å². The molecule has 0 aromatic carbocycles. The number of nitrogens with one attached hydrogen (secondary N) is 1. The molecule has 5 nitrogen and oxygen atoms in total. The Balaban J connectivity index is 1.95. The summed E-state index contributed by atoms with van der Waals surface area (Å²) in [6.07, 6.45) is 3.33. The van der Waals surface area contributed by atoms with Crippen molar-refractivity contribution in [1.82, 2.24) is 15.3 Å². The zero-order valence-electron chi connectivity index (χ0n) is 8.27. The first kappa shape index (κ1) is 10.6. The number of anilines is 1. The van der Waals surface area contributed by atoms with Crippen LogP contribution in [-0.4, -0.2) is 35.0 Å². The molecule has 6 heteroatoms. The van der Waals surface area contributed by atoms with E-state index in [1.807, 2.05) is 0 Å². The van der Waals surface area contributed by atoms with Gasteiger partial charge in [0.1, 0.15) is 12.1 Å². The van der Waals surface area contributed by atoms with Gasteiger partial charge in [0.25, 0.3) is 0 Å². The summed E-state index contributed by atoms with van der Waals surface area (Å²) < 4.78 is 1.04. The van der Waals surface area contributed by atoms with Crippen molar-refractivity contribution in [2.75, 3.05) is 18.0 Å². The monoisotopic (exact) mass is 318 g/mol. The van der Waals surface area contributed by atoms with E-state index in [9.17, 15) is 4.79 Å². The van der Waals surface area contributed by atoms with Gasteiger partial charge in [-0.3, -0.25) is 4.79 Å². The fraction of sp³-hybridized carbons (Fsp3) is 0.444. The van der Waals surface area contributed by atoms with Crippen LogP contribution in [-0.2, 0) is 4.79 Å². The van der Waals surface area contributed by atoms with E-state index in [0.29, 0.717) is 0 Å².